The van der Waals surface area contributed by atoms with Gasteiger partial charge in [-0.25, -0.2) is 0 Å². The van der Waals surface area contributed by atoms with Crippen molar-refractivity contribution in [1.82, 2.24) is 9.88 Å². The largest absolute Gasteiger partial charge is 0.355 e. The maximum atomic E-state index is 13.1. The molecule has 5 heteroatoms. The lowest BCUT2D eigenvalue weighted by Gasteiger charge is -2.20. The predicted molar refractivity (Wildman–Crippen MR) is 109 cm³/mol. The second-order valence-electron chi connectivity index (χ2n) is 7.71. The minimum atomic E-state index is -0.467. The zero-order valence-electron chi connectivity index (χ0n) is 16.2. The van der Waals surface area contributed by atoms with E-state index in [1.165, 1.54) is 23.2 Å². The standard InChI is InChI=1S/C23H24N2O3/c1-14(18-7-3-5-16-6-4-8-19(16)18)25-13-17(21(26)11-15-9-10-15)12-20(23(25)28)22(27)24-2/h3-5,7-8,12-15H,6,9-11H2,1-2H3,(H,24,27). The number of hydrogen-bond donors (Lipinski definition) is 1. The van der Waals surface area contributed by atoms with Crippen molar-refractivity contribution in [2.45, 2.75) is 38.6 Å². The van der Waals surface area contributed by atoms with E-state index >= 15 is 0 Å². The van der Waals surface area contributed by atoms with E-state index in [9.17, 15) is 14.4 Å². The molecule has 144 valence electrons. The summed E-state index contributed by atoms with van der Waals surface area (Å²) in [5.74, 6) is -0.0340. The summed E-state index contributed by atoms with van der Waals surface area (Å²) in [6, 6.07) is 7.24. The number of fused-ring (bicyclic) bond motifs is 1. The van der Waals surface area contributed by atoms with Crippen molar-refractivity contribution in [3.8, 4) is 0 Å². The molecule has 1 N–H and O–H groups in total. The van der Waals surface area contributed by atoms with Crippen LogP contribution < -0.4 is 10.9 Å². The summed E-state index contributed by atoms with van der Waals surface area (Å²) in [4.78, 5) is 38.1. The number of aromatic nitrogens is 1. The first-order valence-electron chi connectivity index (χ1n) is 9.79. The number of rotatable bonds is 6. The van der Waals surface area contributed by atoms with Gasteiger partial charge in [0, 0.05) is 25.2 Å². The molecule has 1 unspecified atom stereocenters. The van der Waals surface area contributed by atoms with Crippen molar-refractivity contribution in [2.75, 3.05) is 7.05 Å². The molecule has 0 saturated heterocycles. The first-order valence-corrected chi connectivity index (χ1v) is 9.79. The predicted octanol–water partition coefficient (Wildman–Crippen LogP) is 3.37. The normalized spacial score (nSPS) is 15.9. The molecule has 28 heavy (non-hydrogen) atoms. The van der Waals surface area contributed by atoms with E-state index in [0.717, 1.165) is 30.4 Å². The smallest absolute Gasteiger partial charge is 0.263 e. The molecule has 1 saturated carbocycles. The lowest BCUT2D eigenvalue weighted by molar-refractivity contribution is 0.0961. The molecule has 0 aliphatic heterocycles. The molecular formula is C23H24N2O3. The average Bonchev–Trinajstić information content (AvgIpc) is 3.38. The van der Waals surface area contributed by atoms with Gasteiger partial charge in [0.05, 0.1) is 6.04 Å². The number of carbonyl (C=O) groups excluding carboxylic acids is 2. The number of nitrogens with one attached hydrogen (secondary N) is 1. The topological polar surface area (TPSA) is 68.2 Å². The van der Waals surface area contributed by atoms with Crippen LogP contribution in [0.3, 0.4) is 0 Å². The van der Waals surface area contributed by atoms with Gasteiger partial charge < -0.3 is 9.88 Å². The Hall–Kier alpha value is -2.95. The lowest BCUT2D eigenvalue weighted by Crippen LogP contribution is -2.34. The molecule has 2 aliphatic carbocycles. The molecule has 1 aromatic carbocycles. The molecule has 0 spiro atoms. The van der Waals surface area contributed by atoms with Crippen LogP contribution in [0, 0.1) is 5.92 Å². The van der Waals surface area contributed by atoms with Gasteiger partial charge in [-0.15, -0.1) is 0 Å². The van der Waals surface area contributed by atoms with Gasteiger partial charge in [0.1, 0.15) is 5.56 Å². The molecule has 4 rings (SSSR count). The van der Waals surface area contributed by atoms with Gasteiger partial charge >= 0.3 is 0 Å². The summed E-state index contributed by atoms with van der Waals surface area (Å²) in [5.41, 5.74) is 3.43. The van der Waals surface area contributed by atoms with E-state index in [2.05, 4.69) is 23.5 Å². The van der Waals surface area contributed by atoms with Gasteiger partial charge in [-0.05, 0) is 54.9 Å². The van der Waals surface area contributed by atoms with Gasteiger partial charge in [0.25, 0.3) is 11.5 Å². The maximum Gasteiger partial charge on any atom is 0.263 e. The second kappa shape index (κ2) is 7.23. The maximum absolute atomic E-state index is 13.1. The van der Waals surface area contributed by atoms with Crippen LogP contribution in [-0.4, -0.2) is 23.3 Å². The van der Waals surface area contributed by atoms with Crippen molar-refractivity contribution in [1.29, 1.82) is 0 Å². The van der Waals surface area contributed by atoms with E-state index < -0.39 is 5.91 Å². The molecule has 5 nitrogen and oxygen atoms in total. The zero-order chi connectivity index (χ0) is 19.8. The van der Waals surface area contributed by atoms with Crippen LogP contribution in [0.15, 0.2) is 41.3 Å². The summed E-state index contributed by atoms with van der Waals surface area (Å²) < 4.78 is 1.53. The Balaban J connectivity index is 1.82. The molecule has 1 atom stereocenters. The molecule has 1 amide bonds. The Morgan fingerprint density at radius 3 is 2.79 bits per heavy atom. The van der Waals surface area contributed by atoms with Gasteiger partial charge in [-0.2, -0.15) is 0 Å². The number of amides is 1. The van der Waals surface area contributed by atoms with E-state index in [-0.39, 0.29) is 22.9 Å². The third kappa shape index (κ3) is 3.33. The monoisotopic (exact) mass is 376 g/mol. The fourth-order valence-electron chi connectivity index (χ4n) is 3.87. The number of carbonyl (C=O) groups is 2. The third-order valence-corrected chi connectivity index (χ3v) is 5.73. The summed E-state index contributed by atoms with van der Waals surface area (Å²) >= 11 is 0. The molecule has 1 heterocycles. The number of benzene rings is 1. The highest BCUT2D eigenvalue weighted by molar-refractivity contribution is 6.00. The Labute approximate surface area is 164 Å². The third-order valence-electron chi connectivity index (χ3n) is 5.73. The molecule has 0 radical (unpaired) electrons. The minimum Gasteiger partial charge on any atom is -0.355 e. The van der Waals surface area contributed by atoms with Crippen LogP contribution in [-0.2, 0) is 6.42 Å². The second-order valence-corrected chi connectivity index (χ2v) is 7.71. The number of Topliss-reactive ketones (excluding diaryl/α,β-unsaturated/α-hetero) is 1. The molecule has 2 aromatic rings. The fraction of sp³-hybridized carbons (Fsp3) is 0.348. The summed E-state index contributed by atoms with van der Waals surface area (Å²) in [6.07, 6.45) is 9.32. The van der Waals surface area contributed by atoms with Crippen molar-refractivity contribution < 1.29 is 9.59 Å². The lowest BCUT2D eigenvalue weighted by atomic mass is 9.97. The summed E-state index contributed by atoms with van der Waals surface area (Å²) in [6.45, 7) is 1.94. The van der Waals surface area contributed by atoms with Gasteiger partial charge in [0.15, 0.2) is 5.78 Å². The van der Waals surface area contributed by atoms with Gasteiger partial charge in [0.2, 0.25) is 0 Å². The highest BCUT2D eigenvalue weighted by atomic mass is 16.2. The Bertz CT molecular complexity index is 1040. The average molecular weight is 376 g/mol. The van der Waals surface area contributed by atoms with Crippen molar-refractivity contribution >= 4 is 17.8 Å². The van der Waals surface area contributed by atoms with Crippen molar-refractivity contribution in [3.05, 3.63) is 74.7 Å². The molecule has 1 fully saturated rings. The van der Waals surface area contributed by atoms with E-state index in [0.29, 0.717) is 17.9 Å². The highest BCUT2D eigenvalue weighted by Gasteiger charge is 2.27. The number of pyridine rings is 1. The minimum absolute atomic E-state index is 0.00760. The Kier molecular flexibility index (Phi) is 4.75. The van der Waals surface area contributed by atoms with E-state index in [1.54, 1.807) is 6.20 Å². The Morgan fingerprint density at radius 1 is 1.29 bits per heavy atom. The molecule has 0 bridgehead atoms. The first kappa shape index (κ1) is 18.4. The number of nitrogens with zero attached hydrogens (tertiary/aromatic N) is 1. The number of allylic oxidation sites excluding steroid dienone is 1. The fourth-order valence-corrected chi connectivity index (χ4v) is 3.87. The number of hydrogen-bond acceptors (Lipinski definition) is 3. The van der Waals surface area contributed by atoms with Crippen LogP contribution in [0.25, 0.3) is 6.08 Å². The highest BCUT2D eigenvalue weighted by Crippen LogP contribution is 2.34. The zero-order valence-corrected chi connectivity index (χ0v) is 16.2. The van der Waals surface area contributed by atoms with Crippen LogP contribution in [0.4, 0.5) is 0 Å². The van der Waals surface area contributed by atoms with Gasteiger partial charge in [-0.3, -0.25) is 14.4 Å². The van der Waals surface area contributed by atoms with Crippen LogP contribution in [0.5, 0.6) is 0 Å². The molecular weight excluding hydrogens is 352 g/mol. The van der Waals surface area contributed by atoms with E-state index in [4.69, 9.17) is 0 Å². The molecule has 2 aliphatic rings. The Morgan fingerprint density at radius 2 is 2.07 bits per heavy atom. The van der Waals surface area contributed by atoms with Gasteiger partial charge in [-0.1, -0.05) is 30.4 Å². The van der Waals surface area contributed by atoms with Crippen LogP contribution >= 0.6 is 0 Å². The van der Waals surface area contributed by atoms with Crippen molar-refractivity contribution in [2.24, 2.45) is 5.92 Å². The quantitative estimate of drug-likeness (QED) is 0.786. The number of ketones is 1. The summed E-state index contributed by atoms with van der Waals surface area (Å²) in [7, 11) is 1.49. The van der Waals surface area contributed by atoms with E-state index in [1.807, 2.05) is 19.1 Å². The first-order chi connectivity index (χ1) is 13.5. The molecule has 1 aromatic heterocycles. The van der Waals surface area contributed by atoms with Crippen molar-refractivity contribution in [3.63, 3.8) is 0 Å². The van der Waals surface area contributed by atoms with Crippen LogP contribution in [0.2, 0.25) is 0 Å². The summed E-state index contributed by atoms with van der Waals surface area (Å²) in [5, 5.41) is 2.51. The van der Waals surface area contributed by atoms with Crippen LogP contribution in [0.1, 0.15) is 69.6 Å². The SMILES string of the molecule is CNC(=O)c1cc(C(=O)CC2CC2)cn(C(C)c2cccc3c2C=CC3)c1=O.